The first-order valence-electron chi connectivity index (χ1n) is 11.1. The number of nitrogens with zero attached hydrogens (tertiary/aromatic N) is 8. The third kappa shape index (κ3) is 2.62. The molecule has 5 aromatic rings. The topological polar surface area (TPSA) is 67.9 Å². The van der Waals surface area contributed by atoms with Gasteiger partial charge in [0, 0.05) is 61.7 Å². The first-order valence-corrected chi connectivity index (χ1v) is 11.1. The van der Waals surface area contributed by atoms with Crippen LogP contribution in [0.2, 0.25) is 0 Å². The summed E-state index contributed by atoms with van der Waals surface area (Å²) in [6, 6.07) is 12.7. The average Bonchev–Trinajstić information content (AvgIpc) is 3.52. The van der Waals surface area contributed by atoms with E-state index < -0.39 is 0 Å². The van der Waals surface area contributed by atoms with E-state index in [1.54, 1.807) is 0 Å². The van der Waals surface area contributed by atoms with Gasteiger partial charge in [0.1, 0.15) is 11.6 Å². The van der Waals surface area contributed by atoms with Crippen LogP contribution in [-0.2, 0) is 13.1 Å². The highest BCUT2D eigenvalue weighted by molar-refractivity contribution is 6.04. The maximum Gasteiger partial charge on any atom is 0.211 e. The number of imidazole rings is 2. The SMILES string of the molecule is c1cn2c(n1)N(c1ccc3ccc4ccc(N5CCCn6ccnc65)nc4c3n1)CCC2. The van der Waals surface area contributed by atoms with Crippen molar-refractivity contribution < 1.29 is 0 Å². The molecule has 0 atom stereocenters. The summed E-state index contributed by atoms with van der Waals surface area (Å²) in [6.07, 6.45) is 9.94. The smallest absolute Gasteiger partial charge is 0.211 e. The molecule has 0 saturated heterocycles. The Balaban J connectivity index is 1.38. The molecule has 0 aliphatic carbocycles. The molecule has 1 aromatic carbocycles. The van der Waals surface area contributed by atoms with E-state index in [9.17, 15) is 0 Å². The Morgan fingerprint density at radius 2 is 1.03 bits per heavy atom. The van der Waals surface area contributed by atoms with Crippen molar-refractivity contribution in [2.24, 2.45) is 0 Å². The molecular weight excluding hydrogens is 400 g/mol. The minimum atomic E-state index is 0.912. The molecule has 0 bridgehead atoms. The number of aryl methyl sites for hydroxylation is 2. The fourth-order valence-corrected chi connectivity index (χ4v) is 4.92. The molecule has 0 spiro atoms. The van der Waals surface area contributed by atoms with Crippen molar-refractivity contribution in [1.29, 1.82) is 0 Å². The maximum atomic E-state index is 5.10. The Labute approximate surface area is 184 Å². The predicted molar refractivity (Wildman–Crippen MR) is 125 cm³/mol. The highest BCUT2D eigenvalue weighted by Crippen LogP contribution is 2.32. The summed E-state index contributed by atoms with van der Waals surface area (Å²) >= 11 is 0. The molecule has 4 aromatic heterocycles. The van der Waals surface area contributed by atoms with Crippen molar-refractivity contribution in [3.63, 3.8) is 0 Å². The van der Waals surface area contributed by atoms with E-state index in [1.165, 1.54) is 0 Å². The zero-order chi connectivity index (χ0) is 21.1. The zero-order valence-corrected chi connectivity index (χ0v) is 17.6. The van der Waals surface area contributed by atoms with Crippen molar-refractivity contribution in [1.82, 2.24) is 29.1 Å². The highest BCUT2D eigenvalue weighted by Gasteiger charge is 2.22. The molecule has 0 amide bonds. The van der Waals surface area contributed by atoms with Crippen LogP contribution < -0.4 is 9.80 Å². The Bertz CT molecular complexity index is 1350. The van der Waals surface area contributed by atoms with Gasteiger partial charge in [0.2, 0.25) is 11.9 Å². The van der Waals surface area contributed by atoms with Gasteiger partial charge in [-0.25, -0.2) is 19.9 Å². The van der Waals surface area contributed by atoms with E-state index in [0.717, 1.165) is 84.4 Å². The summed E-state index contributed by atoms with van der Waals surface area (Å²) in [5.41, 5.74) is 1.84. The Hall–Kier alpha value is -3.94. The number of aromatic nitrogens is 6. The number of rotatable bonds is 2. The third-order valence-electron chi connectivity index (χ3n) is 6.47. The normalized spacial score (nSPS) is 15.9. The molecular formula is C24H22N8. The number of fused-ring (bicyclic) bond motifs is 5. The second-order valence-electron chi connectivity index (χ2n) is 8.40. The molecule has 6 heterocycles. The van der Waals surface area contributed by atoms with Crippen LogP contribution in [0.25, 0.3) is 21.8 Å². The van der Waals surface area contributed by atoms with E-state index >= 15 is 0 Å². The lowest BCUT2D eigenvalue weighted by molar-refractivity contribution is 0.589. The maximum absolute atomic E-state index is 5.10. The van der Waals surface area contributed by atoms with E-state index in [0.29, 0.717) is 0 Å². The van der Waals surface area contributed by atoms with Crippen LogP contribution in [0.1, 0.15) is 12.8 Å². The van der Waals surface area contributed by atoms with Crippen molar-refractivity contribution in [3.05, 3.63) is 61.2 Å². The fraction of sp³-hybridized carbons (Fsp3) is 0.250. The van der Waals surface area contributed by atoms with Gasteiger partial charge in [-0.1, -0.05) is 12.1 Å². The molecule has 0 radical (unpaired) electrons. The van der Waals surface area contributed by atoms with Gasteiger partial charge in [0.15, 0.2) is 0 Å². The van der Waals surface area contributed by atoms with Crippen molar-refractivity contribution in [2.75, 3.05) is 22.9 Å². The molecule has 0 N–H and O–H groups in total. The fourth-order valence-electron chi connectivity index (χ4n) is 4.92. The summed E-state index contributed by atoms with van der Waals surface area (Å²) in [7, 11) is 0. The van der Waals surface area contributed by atoms with Gasteiger partial charge in [0.25, 0.3) is 0 Å². The lowest BCUT2D eigenvalue weighted by Crippen LogP contribution is -2.28. The molecule has 2 aliphatic heterocycles. The third-order valence-corrected chi connectivity index (χ3v) is 6.47. The van der Waals surface area contributed by atoms with Crippen molar-refractivity contribution in [3.8, 4) is 0 Å². The summed E-state index contributed by atoms with van der Waals surface area (Å²) < 4.78 is 4.38. The van der Waals surface area contributed by atoms with Gasteiger partial charge in [0.05, 0.1) is 11.0 Å². The van der Waals surface area contributed by atoms with Gasteiger partial charge >= 0.3 is 0 Å². The van der Waals surface area contributed by atoms with Crippen LogP contribution in [-0.4, -0.2) is 42.2 Å². The molecule has 0 unspecified atom stereocenters. The molecule has 158 valence electrons. The molecule has 32 heavy (non-hydrogen) atoms. The van der Waals surface area contributed by atoms with Crippen LogP contribution >= 0.6 is 0 Å². The molecule has 8 heteroatoms. The minimum Gasteiger partial charge on any atom is -0.317 e. The second-order valence-corrected chi connectivity index (χ2v) is 8.40. The van der Waals surface area contributed by atoms with Crippen LogP contribution in [0.15, 0.2) is 61.2 Å². The quantitative estimate of drug-likeness (QED) is 0.396. The summed E-state index contributed by atoms with van der Waals surface area (Å²) in [5, 5.41) is 2.18. The van der Waals surface area contributed by atoms with E-state index in [-0.39, 0.29) is 0 Å². The molecule has 8 nitrogen and oxygen atoms in total. The Morgan fingerprint density at radius 1 is 0.562 bits per heavy atom. The van der Waals surface area contributed by atoms with Gasteiger partial charge in [-0.3, -0.25) is 9.80 Å². The van der Waals surface area contributed by atoms with Gasteiger partial charge in [-0.15, -0.1) is 0 Å². The van der Waals surface area contributed by atoms with E-state index in [4.69, 9.17) is 9.97 Å². The van der Waals surface area contributed by atoms with Crippen LogP contribution in [0, 0.1) is 0 Å². The number of hydrogen-bond donors (Lipinski definition) is 0. The first kappa shape index (κ1) is 17.7. The minimum absolute atomic E-state index is 0.912. The number of anilines is 4. The molecule has 7 rings (SSSR count). The van der Waals surface area contributed by atoms with Crippen molar-refractivity contribution in [2.45, 2.75) is 25.9 Å². The first-order chi connectivity index (χ1) is 15.8. The number of benzene rings is 1. The zero-order valence-electron chi connectivity index (χ0n) is 17.6. The lowest BCUT2D eigenvalue weighted by atomic mass is 10.1. The standard InChI is InChI=1S/C24H22N8/c1-11-29-15-9-25-23(29)31(13-1)19-7-5-17-3-4-18-6-8-20(28-22(18)21(17)27-19)32-14-2-12-30-16-10-26-24(30)32/h3-10,15-16H,1-2,11-14H2. The molecule has 0 saturated carbocycles. The van der Waals surface area contributed by atoms with Gasteiger partial charge < -0.3 is 9.13 Å². The largest absolute Gasteiger partial charge is 0.317 e. The van der Waals surface area contributed by atoms with Gasteiger partial charge in [-0.05, 0) is 37.1 Å². The summed E-state index contributed by atoms with van der Waals surface area (Å²) in [6.45, 7) is 3.82. The second kappa shape index (κ2) is 6.78. The van der Waals surface area contributed by atoms with Crippen molar-refractivity contribution >= 4 is 45.3 Å². The summed E-state index contributed by atoms with van der Waals surface area (Å²) in [5.74, 6) is 3.74. The number of hydrogen-bond acceptors (Lipinski definition) is 6. The molecule has 2 aliphatic rings. The van der Waals surface area contributed by atoms with Gasteiger partial charge in [-0.2, -0.15) is 0 Å². The summed E-state index contributed by atoms with van der Waals surface area (Å²) in [4.78, 5) is 23.7. The number of pyridine rings is 2. The highest BCUT2D eigenvalue weighted by atomic mass is 15.4. The van der Waals surface area contributed by atoms with E-state index in [1.807, 2.05) is 24.8 Å². The predicted octanol–water partition coefficient (Wildman–Crippen LogP) is 4.26. The van der Waals surface area contributed by atoms with Crippen LogP contribution in [0.3, 0.4) is 0 Å². The lowest BCUT2D eigenvalue weighted by Gasteiger charge is -2.28. The van der Waals surface area contributed by atoms with Crippen LogP contribution in [0.5, 0.6) is 0 Å². The molecule has 0 fully saturated rings. The average molecular weight is 422 g/mol. The van der Waals surface area contributed by atoms with Crippen LogP contribution in [0.4, 0.5) is 23.5 Å². The Morgan fingerprint density at radius 3 is 1.53 bits per heavy atom. The Kier molecular flexibility index (Phi) is 3.75. The monoisotopic (exact) mass is 422 g/mol. The van der Waals surface area contributed by atoms with E-state index in [2.05, 4.69) is 65.3 Å².